The molecule has 0 bridgehead atoms. The predicted molar refractivity (Wildman–Crippen MR) is 125 cm³/mol. The van der Waals surface area contributed by atoms with Gasteiger partial charge in [0.25, 0.3) is 0 Å². The highest BCUT2D eigenvalue weighted by Gasteiger charge is 2.35. The van der Waals surface area contributed by atoms with Gasteiger partial charge in [0.15, 0.2) is 0 Å². The Kier molecular flexibility index (Phi) is 7.47. The third-order valence-corrected chi connectivity index (χ3v) is 14.6. The first-order valence-corrected chi connectivity index (χ1v) is 18.3. The SMILES string of the molecule is CCC[Si](CCC)(c1ccc([SiH](C)C)cc1)c1ccc([SiH](C)C)cc1. The molecule has 0 aliphatic heterocycles. The zero-order chi connectivity index (χ0) is 18.4. The van der Waals surface area contributed by atoms with E-state index in [0.717, 1.165) is 0 Å². The molecule has 136 valence electrons. The van der Waals surface area contributed by atoms with E-state index in [1.165, 1.54) is 24.9 Å². The van der Waals surface area contributed by atoms with Crippen LogP contribution in [0.15, 0.2) is 48.5 Å². The van der Waals surface area contributed by atoms with Crippen LogP contribution in [0, 0.1) is 0 Å². The van der Waals surface area contributed by atoms with E-state index in [0.29, 0.717) is 0 Å². The van der Waals surface area contributed by atoms with E-state index in [-0.39, 0.29) is 0 Å². The molecule has 0 atom stereocenters. The molecule has 0 unspecified atom stereocenters. The maximum absolute atomic E-state index is 2.49. The molecule has 2 aromatic carbocycles. The summed E-state index contributed by atoms with van der Waals surface area (Å²) < 4.78 is 0. The second kappa shape index (κ2) is 9.15. The zero-order valence-electron chi connectivity index (χ0n) is 17.1. The Morgan fingerprint density at radius 3 is 1.16 bits per heavy atom. The fourth-order valence-electron chi connectivity index (χ4n) is 4.10. The van der Waals surface area contributed by atoms with Crippen LogP contribution in [0.4, 0.5) is 0 Å². The van der Waals surface area contributed by atoms with Crippen LogP contribution < -0.4 is 20.7 Å². The third kappa shape index (κ3) is 4.63. The lowest BCUT2D eigenvalue weighted by molar-refractivity contribution is 0.997. The number of rotatable bonds is 8. The summed E-state index contributed by atoms with van der Waals surface area (Å²) >= 11 is 0. The molecule has 0 saturated carbocycles. The number of hydrogen-bond donors (Lipinski definition) is 0. The van der Waals surface area contributed by atoms with E-state index in [1.54, 1.807) is 20.7 Å². The van der Waals surface area contributed by atoms with Crippen molar-refractivity contribution in [1.29, 1.82) is 0 Å². The Bertz CT molecular complexity index is 582. The van der Waals surface area contributed by atoms with E-state index < -0.39 is 25.7 Å². The van der Waals surface area contributed by atoms with Gasteiger partial charge in [-0.05, 0) is 12.1 Å². The van der Waals surface area contributed by atoms with Crippen LogP contribution in [0.1, 0.15) is 26.7 Å². The Labute approximate surface area is 159 Å². The lowest BCUT2D eigenvalue weighted by Gasteiger charge is -2.33. The van der Waals surface area contributed by atoms with Gasteiger partial charge in [-0.1, -0.05) is 122 Å². The molecule has 0 aromatic heterocycles. The quantitative estimate of drug-likeness (QED) is 0.611. The van der Waals surface area contributed by atoms with Crippen LogP contribution >= 0.6 is 0 Å². The van der Waals surface area contributed by atoms with Gasteiger partial charge in [0.1, 0.15) is 8.07 Å². The summed E-state index contributed by atoms with van der Waals surface area (Å²) in [5.74, 6) is 0. The average molecular weight is 385 g/mol. The van der Waals surface area contributed by atoms with Gasteiger partial charge in [-0.25, -0.2) is 0 Å². The summed E-state index contributed by atoms with van der Waals surface area (Å²) in [6, 6.07) is 22.5. The Morgan fingerprint density at radius 1 is 0.600 bits per heavy atom. The molecule has 0 aliphatic rings. The minimum absolute atomic E-state index is 0.708. The fourth-order valence-corrected chi connectivity index (χ4v) is 11.1. The first kappa shape index (κ1) is 20.4. The third-order valence-electron chi connectivity index (χ3n) is 5.61. The summed E-state index contributed by atoms with van der Waals surface area (Å²) in [5.41, 5.74) is 0. The van der Waals surface area contributed by atoms with Gasteiger partial charge in [0, 0.05) is 0 Å². The van der Waals surface area contributed by atoms with Gasteiger partial charge in [0.05, 0.1) is 17.6 Å². The molecule has 0 nitrogen and oxygen atoms in total. The van der Waals surface area contributed by atoms with Crippen LogP contribution in [-0.4, -0.2) is 25.7 Å². The molecule has 25 heavy (non-hydrogen) atoms. The molecule has 0 fully saturated rings. The molecule has 0 N–H and O–H groups in total. The van der Waals surface area contributed by atoms with E-state index in [4.69, 9.17) is 0 Å². The summed E-state index contributed by atoms with van der Waals surface area (Å²) in [7, 11) is -3.05. The summed E-state index contributed by atoms with van der Waals surface area (Å²) in [6.07, 6.45) is 2.57. The second-order valence-corrected chi connectivity index (χ2v) is 18.4. The average Bonchev–Trinajstić information content (AvgIpc) is 2.61. The molecule has 0 saturated heterocycles. The molecule has 2 rings (SSSR count). The molecule has 0 aliphatic carbocycles. The standard InChI is InChI=1S/C22H36Si3/c1-7-17-25(18-8-2,21-13-9-19(10-14-21)23(3)4)22-15-11-20(12-16-22)24(5)6/h9-16,23-24H,7-8,17-18H2,1-6H3. The minimum Gasteiger partial charge on any atom is -0.0682 e. The van der Waals surface area contributed by atoms with Crippen LogP contribution in [0.2, 0.25) is 38.3 Å². The first-order chi connectivity index (χ1) is 11.9. The normalized spacial score (nSPS) is 12.2. The Hall–Kier alpha value is -0.909. The van der Waals surface area contributed by atoms with Crippen molar-refractivity contribution >= 4 is 46.4 Å². The monoisotopic (exact) mass is 384 g/mol. The van der Waals surface area contributed by atoms with Gasteiger partial charge in [-0.15, -0.1) is 0 Å². The lowest BCUT2D eigenvalue weighted by atomic mass is 10.3. The van der Waals surface area contributed by atoms with Gasteiger partial charge in [0.2, 0.25) is 0 Å². The van der Waals surface area contributed by atoms with E-state index in [1.807, 2.05) is 0 Å². The molecule has 0 radical (unpaired) electrons. The van der Waals surface area contributed by atoms with E-state index >= 15 is 0 Å². The topological polar surface area (TPSA) is 0 Å². The van der Waals surface area contributed by atoms with Crippen molar-refractivity contribution in [2.24, 2.45) is 0 Å². The van der Waals surface area contributed by atoms with Crippen molar-refractivity contribution in [2.75, 3.05) is 0 Å². The Morgan fingerprint density at radius 2 is 0.920 bits per heavy atom. The maximum Gasteiger partial charge on any atom is 0.118 e. The van der Waals surface area contributed by atoms with Crippen LogP contribution in [-0.2, 0) is 0 Å². The van der Waals surface area contributed by atoms with E-state index in [2.05, 4.69) is 88.6 Å². The van der Waals surface area contributed by atoms with Crippen LogP contribution in [0.3, 0.4) is 0 Å². The number of benzene rings is 2. The number of hydrogen-bond acceptors (Lipinski definition) is 0. The van der Waals surface area contributed by atoms with Crippen LogP contribution in [0.25, 0.3) is 0 Å². The maximum atomic E-state index is 2.49. The highest BCUT2D eigenvalue weighted by Crippen LogP contribution is 2.20. The van der Waals surface area contributed by atoms with E-state index in [9.17, 15) is 0 Å². The zero-order valence-corrected chi connectivity index (χ0v) is 20.4. The van der Waals surface area contributed by atoms with Gasteiger partial charge >= 0.3 is 0 Å². The molecular formula is C22H36Si3. The van der Waals surface area contributed by atoms with Gasteiger partial charge in [-0.3, -0.25) is 0 Å². The Balaban J connectivity index is 2.52. The second-order valence-electron chi connectivity index (χ2n) is 8.14. The molecule has 2 aromatic rings. The fraction of sp³-hybridized carbons (Fsp3) is 0.455. The lowest BCUT2D eigenvalue weighted by Crippen LogP contribution is -2.58. The summed E-state index contributed by atoms with van der Waals surface area (Å²) in [5, 5.41) is 6.51. The highest BCUT2D eigenvalue weighted by atomic mass is 28.3. The molecule has 0 amide bonds. The largest absolute Gasteiger partial charge is 0.118 e. The summed E-state index contributed by atoms with van der Waals surface area (Å²) in [4.78, 5) is 0. The summed E-state index contributed by atoms with van der Waals surface area (Å²) in [6.45, 7) is 14.4. The van der Waals surface area contributed by atoms with Crippen LogP contribution in [0.5, 0.6) is 0 Å². The molecule has 0 spiro atoms. The van der Waals surface area contributed by atoms with Crippen molar-refractivity contribution < 1.29 is 0 Å². The minimum atomic E-state index is -1.63. The predicted octanol–water partition coefficient (Wildman–Crippen LogP) is 3.46. The van der Waals surface area contributed by atoms with Gasteiger partial charge in [-0.2, -0.15) is 0 Å². The van der Waals surface area contributed by atoms with Crippen molar-refractivity contribution in [1.82, 2.24) is 0 Å². The highest BCUT2D eigenvalue weighted by molar-refractivity contribution is 7.02. The van der Waals surface area contributed by atoms with Crippen molar-refractivity contribution in [3.05, 3.63) is 48.5 Å². The van der Waals surface area contributed by atoms with Crippen molar-refractivity contribution in [2.45, 2.75) is 65.0 Å². The van der Waals surface area contributed by atoms with Crippen molar-refractivity contribution in [3.8, 4) is 0 Å². The molecule has 0 heterocycles. The molecular weight excluding hydrogens is 349 g/mol. The van der Waals surface area contributed by atoms with Gasteiger partial charge < -0.3 is 0 Å². The first-order valence-electron chi connectivity index (χ1n) is 10.2. The molecule has 3 heteroatoms. The smallest absolute Gasteiger partial charge is 0.0682 e. The van der Waals surface area contributed by atoms with Crippen molar-refractivity contribution in [3.63, 3.8) is 0 Å².